The molecule has 1 amide bonds. The summed E-state index contributed by atoms with van der Waals surface area (Å²) in [4.78, 5) is 12.3. The molecule has 0 aliphatic carbocycles. The number of hydrogen-bond acceptors (Lipinski definition) is 3. The maximum absolute atomic E-state index is 12.1. The van der Waals surface area contributed by atoms with E-state index in [9.17, 15) is 9.90 Å². The molecule has 0 aliphatic rings. The van der Waals surface area contributed by atoms with Gasteiger partial charge in [-0.1, -0.05) is 19.1 Å². The number of nitrogens with two attached hydrogens (primary N) is 1. The van der Waals surface area contributed by atoms with Crippen molar-refractivity contribution in [2.75, 3.05) is 0 Å². The lowest BCUT2D eigenvalue weighted by Gasteiger charge is -2.28. The Morgan fingerprint density at radius 3 is 2.61 bits per heavy atom. The maximum Gasteiger partial charge on any atom is 0.252 e. The molecule has 1 aromatic rings. The van der Waals surface area contributed by atoms with Crippen LogP contribution in [0.5, 0.6) is 5.75 Å². The lowest BCUT2D eigenvalue weighted by Crippen LogP contribution is -2.54. The predicted octanol–water partition coefficient (Wildman–Crippen LogP) is 1.89. The van der Waals surface area contributed by atoms with Crippen LogP contribution in [0.4, 0.5) is 0 Å². The van der Waals surface area contributed by atoms with Gasteiger partial charge < -0.3 is 16.2 Å². The van der Waals surface area contributed by atoms with Crippen molar-refractivity contribution in [1.82, 2.24) is 5.32 Å². The zero-order valence-electron chi connectivity index (χ0n) is 10.8. The molecule has 1 unspecified atom stereocenters. The number of rotatable bonds is 4. The topological polar surface area (TPSA) is 75.3 Å². The van der Waals surface area contributed by atoms with Crippen LogP contribution >= 0.6 is 12.2 Å². The summed E-state index contributed by atoms with van der Waals surface area (Å²) in [7, 11) is 0. The second kappa shape index (κ2) is 5.35. The highest BCUT2D eigenvalue weighted by Gasteiger charge is 2.28. The van der Waals surface area contributed by atoms with E-state index in [2.05, 4.69) is 5.32 Å². The average Bonchev–Trinajstić information content (AvgIpc) is 2.32. The van der Waals surface area contributed by atoms with Gasteiger partial charge >= 0.3 is 0 Å². The number of amides is 1. The molecule has 0 spiro atoms. The fourth-order valence-corrected chi connectivity index (χ4v) is 1.64. The van der Waals surface area contributed by atoms with E-state index in [1.165, 1.54) is 6.07 Å². The molecule has 0 aliphatic heterocycles. The Morgan fingerprint density at radius 2 is 2.17 bits per heavy atom. The van der Waals surface area contributed by atoms with Gasteiger partial charge in [0.1, 0.15) is 5.75 Å². The SMILES string of the molecule is CCC(C)(NC(=O)c1ccc(O)c(C)c1)C(N)=S. The van der Waals surface area contributed by atoms with E-state index in [0.717, 1.165) is 0 Å². The van der Waals surface area contributed by atoms with Crippen LogP contribution in [-0.2, 0) is 0 Å². The molecule has 0 saturated heterocycles. The maximum atomic E-state index is 12.1. The number of hydrogen-bond donors (Lipinski definition) is 3. The van der Waals surface area contributed by atoms with Gasteiger partial charge in [0.25, 0.3) is 5.91 Å². The van der Waals surface area contributed by atoms with Crippen LogP contribution < -0.4 is 11.1 Å². The molecule has 0 heterocycles. The molecule has 18 heavy (non-hydrogen) atoms. The third kappa shape index (κ3) is 2.98. The minimum atomic E-state index is -0.696. The van der Waals surface area contributed by atoms with Crippen molar-refractivity contribution in [3.05, 3.63) is 29.3 Å². The summed E-state index contributed by atoms with van der Waals surface area (Å²) in [5, 5.41) is 12.2. The van der Waals surface area contributed by atoms with Gasteiger partial charge in [0, 0.05) is 5.56 Å². The standard InChI is InChI=1S/C13H18N2O2S/c1-4-13(3,12(14)18)15-11(17)9-5-6-10(16)8(2)7-9/h5-7,16H,4H2,1-3H3,(H2,14,18)(H,15,17). The zero-order valence-corrected chi connectivity index (χ0v) is 11.6. The Labute approximate surface area is 112 Å². The third-order valence-electron chi connectivity index (χ3n) is 3.10. The largest absolute Gasteiger partial charge is 0.508 e. The van der Waals surface area contributed by atoms with Crippen molar-refractivity contribution in [3.8, 4) is 5.75 Å². The molecule has 0 aromatic heterocycles. The second-order valence-corrected chi connectivity index (χ2v) is 4.95. The molecule has 0 radical (unpaired) electrons. The van der Waals surface area contributed by atoms with Gasteiger partial charge in [-0.15, -0.1) is 0 Å². The van der Waals surface area contributed by atoms with Crippen molar-refractivity contribution in [1.29, 1.82) is 0 Å². The number of thiocarbonyl (C=S) groups is 1. The highest BCUT2D eigenvalue weighted by Crippen LogP contribution is 2.18. The predicted molar refractivity (Wildman–Crippen MR) is 75.8 cm³/mol. The number of carbonyl (C=O) groups is 1. The molecule has 0 fully saturated rings. The minimum absolute atomic E-state index is 0.166. The molecule has 1 rings (SSSR count). The van der Waals surface area contributed by atoms with E-state index < -0.39 is 5.54 Å². The first kappa shape index (κ1) is 14.4. The quantitative estimate of drug-likeness (QED) is 0.727. The normalized spacial score (nSPS) is 13.7. The number of nitrogens with one attached hydrogen (secondary N) is 1. The highest BCUT2D eigenvalue weighted by molar-refractivity contribution is 7.80. The summed E-state index contributed by atoms with van der Waals surface area (Å²) >= 11 is 4.97. The van der Waals surface area contributed by atoms with Gasteiger partial charge in [-0.3, -0.25) is 4.79 Å². The van der Waals surface area contributed by atoms with Crippen molar-refractivity contribution in [2.45, 2.75) is 32.7 Å². The summed E-state index contributed by atoms with van der Waals surface area (Å²) in [5.41, 5.74) is 6.06. The van der Waals surface area contributed by atoms with Crippen molar-refractivity contribution in [3.63, 3.8) is 0 Å². The van der Waals surface area contributed by atoms with Gasteiger partial charge in [-0.25, -0.2) is 0 Å². The molecule has 4 N–H and O–H groups in total. The molecule has 4 nitrogen and oxygen atoms in total. The van der Waals surface area contributed by atoms with Crippen molar-refractivity contribution < 1.29 is 9.90 Å². The Bertz CT molecular complexity index is 488. The first-order valence-electron chi connectivity index (χ1n) is 5.72. The molecule has 1 atom stereocenters. The summed E-state index contributed by atoms with van der Waals surface area (Å²) in [6, 6.07) is 4.68. The first-order chi connectivity index (χ1) is 8.30. The van der Waals surface area contributed by atoms with Crippen LogP contribution in [0.3, 0.4) is 0 Å². The van der Waals surface area contributed by atoms with E-state index in [1.54, 1.807) is 26.0 Å². The van der Waals surface area contributed by atoms with Gasteiger partial charge in [0.05, 0.1) is 10.5 Å². The smallest absolute Gasteiger partial charge is 0.252 e. The van der Waals surface area contributed by atoms with Crippen LogP contribution in [0.15, 0.2) is 18.2 Å². The number of aromatic hydroxyl groups is 1. The number of carbonyl (C=O) groups excluding carboxylic acids is 1. The van der Waals surface area contributed by atoms with Gasteiger partial charge in [0.15, 0.2) is 0 Å². The molecule has 0 bridgehead atoms. The summed E-state index contributed by atoms with van der Waals surface area (Å²) in [6.07, 6.45) is 0.616. The van der Waals surface area contributed by atoms with Crippen molar-refractivity contribution in [2.24, 2.45) is 5.73 Å². The Morgan fingerprint density at radius 1 is 1.56 bits per heavy atom. The van der Waals surface area contributed by atoms with Gasteiger partial charge in [0.2, 0.25) is 0 Å². The summed E-state index contributed by atoms with van der Waals surface area (Å²) in [6.45, 7) is 5.43. The van der Waals surface area contributed by atoms with E-state index >= 15 is 0 Å². The number of aryl methyl sites for hydroxylation is 1. The average molecular weight is 266 g/mol. The molecule has 5 heteroatoms. The Balaban J connectivity index is 2.95. The Kier molecular flexibility index (Phi) is 4.29. The summed E-state index contributed by atoms with van der Waals surface area (Å²) in [5.74, 6) is -0.0885. The summed E-state index contributed by atoms with van der Waals surface area (Å²) < 4.78 is 0. The van der Waals surface area contributed by atoms with E-state index in [0.29, 0.717) is 17.5 Å². The molecule has 98 valence electrons. The minimum Gasteiger partial charge on any atom is -0.508 e. The first-order valence-corrected chi connectivity index (χ1v) is 6.13. The second-order valence-electron chi connectivity index (χ2n) is 4.51. The van der Waals surface area contributed by atoms with E-state index in [-0.39, 0.29) is 16.6 Å². The number of phenols is 1. The fraction of sp³-hybridized carbons (Fsp3) is 0.385. The van der Waals surface area contributed by atoms with Crippen LogP contribution in [-0.4, -0.2) is 21.5 Å². The van der Waals surface area contributed by atoms with Crippen LogP contribution in [0.25, 0.3) is 0 Å². The lowest BCUT2D eigenvalue weighted by atomic mass is 9.98. The van der Waals surface area contributed by atoms with E-state index in [1.807, 2.05) is 6.92 Å². The number of phenolic OH excluding ortho intramolecular Hbond substituents is 1. The molecule has 1 aromatic carbocycles. The highest BCUT2D eigenvalue weighted by atomic mass is 32.1. The Hall–Kier alpha value is -1.62. The fourth-order valence-electron chi connectivity index (χ4n) is 1.44. The van der Waals surface area contributed by atoms with Crippen LogP contribution in [0.2, 0.25) is 0 Å². The zero-order chi connectivity index (χ0) is 13.9. The molecular formula is C13H18N2O2S. The molecule has 0 saturated carbocycles. The lowest BCUT2D eigenvalue weighted by molar-refractivity contribution is 0.0926. The molecular weight excluding hydrogens is 248 g/mol. The third-order valence-corrected chi connectivity index (χ3v) is 3.55. The van der Waals surface area contributed by atoms with Crippen LogP contribution in [0.1, 0.15) is 36.2 Å². The number of benzene rings is 1. The monoisotopic (exact) mass is 266 g/mol. The van der Waals surface area contributed by atoms with E-state index in [4.69, 9.17) is 18.0 Å². The van der Waals surface area contributed by atoms with Gasteiger partial charge in [-0.05, 0) is 44.0 Å². The van der Waals surface area contributed by atoms with Crippen molar-refractivity contribution >= 4 is 23.1 Å². The van der Waals surface area contributed by atoms with Gasteiger partial charge in [-0.2, -0.15) is 0 Å². The van der Waals surface area contributed by atoms with Crippen LogP contribution in [0, 0.1) is 6.92 Å².